The van der Waals surface area contributed by atoms with Gasteiger partial charge in [-0.3, -0.25) is 9.79 Å². The van der Waals surface area contributed by atoms with Gasteiger partial charge in [-0.05, 0) is 56.2 Å². The summed E-state index contributed by atoms with van der Waals surface area (Å²) in [7, 11) is 1.81. The van der Waals surface area contributed by atoms with Crippen LogP contribution >= 0.6 is 0 Å². The molecule has 6 nitrogen and oxygen atoms in total. The first-order valence-electron chi connectivity index (χ1n) is 10.9. The first-order chi connectivity index (χ1) is 14.0. The van der Waals surface area contributed by atoms with E-state index in [4.69, 9.17) is 4.74 Å². The van der Waals surface area contributed by atoms with E-state index in [1.807, 2.05) is 31.3 Å². The minimum absolute atomic E-state index is 0.0434. The molecule has 1 aliphatic carbocycles. The third kappa shape index (κ3) is 10.2. The third-order valence-corrected chi connectivity index (χ3v) is 4.97. The maximum atomic E-state index is 11.7. The van der Waals surface area contributed by atoms with Crippen LogP contribution in [0.4, 0.5) is 0 Å². The molecular weight excluding hydrogens is 364 g/mol. The number of nitrogens with zero attached hydrogens (tertiary/aromatic N) is 1. The summed E-state index contributed by atoms with van der Waals surface area (Å²) < 4.78 is 5.55. The minimum Gasteiger partial charge on any atom is -0.484 e. The summed E-state index contributed by atoms with van der Waals surface area (Å²) in [6.45, 7) is 7.63. The Morgan fingerprint density at radius 3 is 2.52 bits per heavy atom. The molecule has 1 saturated carbocycles. The summed E-state index contributed by atoms with van der Waals surface area (Å²) in [6, 6.07) is 8.71. The van der Waals surface area contributed by atoms with Crippen molar-refractivity contribution in [2.45, 2.75) is 71.4 Å². The number of carbonyl (C=O) groups is 1. The van der Waals surface area contributed by atoms with Gasteiger partial charge < -0.3 is 20.7 Å². The van der Waals surface area contributed by atoms with Gasteiger partial charge in [0.25, 0.3) is 5.91 Å². The number of ether oxygens (including phenoxy) is 1. The van der Waals surface area contributed by atoms with Crippen LogP contribution in [0.1, 0.15) is 58.4 Å². The van der Waals surface area contributed by atoms with E-state index in [1.165, 1.54) is 18.4 Å². The zero-order valence-corrected chi connectivity index (χ0v) is 18.5. The van der Waals surface area contributed by atoms with Crippen molar-refractivity contribution < 1.29 is 9.53 Å². The van der Waals surface area contributed by atoms with Crippen LogP contribution in [0.15, 0.2) is 29.3 Å². The highest BCUT2D eigenvalue weighted by atomic mass is 16.5. The number of benzene rings is 1. The highest BCUT2D eigenvalue weighted by Gasteiger charge is 2.23. The second-order valence-electron chi connectivity index (χ2n) is 8.39. The molecule has 0 heterocycles. The van der Waals surface area contributed by atoms with Crippen LogP contribution in [0.5, 0.6) is 5.75 Å². The molecule has 1 aliphatic rings. The summed E-state index contributed by atoms with van der Waals surface area (Å²) >= 11 is 0. The quantitative estimate of drug-likeness (QED) is 0.371. The maximum absolute atomic E-state index is 11.7. The number of nitrogens with one attached hydrogen (secondary N) is 3. The smallest absolute Gasteiger partial charge is 0.258 e. The Hall–Kier alpha value is -2.24. The van der Waals surface area contributed by atoms with E-state index in [-0.39, 0.29) is 12.5 Å². The molecule has 0 aromatic heterocycles. The molecule has 2 rings (SSSR count). The Kier molecular flexibility index (Phi) is 9.81. The molecule has 29 heavy (non-hydrogen) atoms. The van der Waals surface area contributed by atoms with Gasteiger partial charge in [0.15, 0.2) is 12.6 Å². The molecule has 0 saturated heterocycles. The third-order valence-electron chi connectivity index (χ3n) is 4.97. The highest BCUT2D eigenvalue weighted by molar-refractivity contribution is 5.80. The summed E-state index contributed by atoms with van der Waals surface area (Å²) in [5, 5.41) is 9.76. The second-order valence-corrected chi connectivity index (χ2v) is 8.39. The molecule has 1 unspecified atom stereocenters. The van der Waals surface area contributed by atoms with Crippen molar-refractivity contribution in [3.8, 4) is 5.75 Å². The van der Waals surface area contributed by atoms with Crippen molar-refractivity contribution >= 4 is 11.9 Å². The Bertz CT molecular complexity index is 639. The Morgan fingerprint density at radius 1 is 1.17 bits per heavy atom. The first kappa shape index (κ1) is 23.0. The molecular formula is C23H38N4O2. The van der Waals surface area contributed by atoms with Crippen molar-refractivity contribution in [2.24, 2.45) is 10.9 Å². The van der Waals surface area contributed by atoms with Crippen molar-refractivity contribution in [3.63, 3.8) is 0 Å². The van der Waals surface area contributed by atoms with Gasteiger partial charge in [-0.1, -0.05) is 38.8 Å². The molecule has 0 aliphatic heterocycles. The van der Waals surface area contributed by atoms with Gasteiger partial charge in [0.1, 0.15) is 5.75 Å². The number of aliphatic imine (C=N–C) groups is 1. The molecule has 3 N–H and O–H groups in total. The molecule has 1 aromatic carbocycles. The summed E-state index contributed by atoms with van der Waals surface area (Å²) in [4.78, 5) is 16.0. The number of hydrogen-bond donors (Lipinski definition) is 3. The molecule has 162 valence electrons. The standard InChI is InChI=1S/C23H38N4O2/c1-17(2)6-5-7-18(3)26-23(24-4)25-15-14-19-8-12-21(13-9-19)29-16-22(28)27-20-10-11-20/h8-9,12-13,17-18,20H,5-7,10-11,14-16H2,1-4H3,(H,27,28)(H2,24,25,26). The van der Waals surface area contributed by atoms with Gasteiger partial charge in [0.05, 0.1) is 0 Å². The predicted molar refractivity (Wildman–Crippen MR) is 119 cm³/mol. The van der Waals surface area contributed by atoms with Crippen LogP contribution in [0.25, 0.3) is 0 Å². The maximum Gasteiger partial charge on any atom is 0.258 e. The largest absolute Gasteiger partial charge is 0.484 e. The highest BCUT2D eigenvalue weighted by Crippen LogP contribution is 2.18. The molecule has 1 amide bonds. The number of guanidine groups is 1. The minimum atomic E-state index is -0.0434. The first-order valence-corrected chi connectivity index (χ1v) is 10.9. The van der Waals surface area contributed by atoms with Gasteiger partial charge in [-0.25, -0.2) is 0 Å². The van der Waals surface area contributed by atoms with Gasteiger partial charge in [-0.2, -0.15) is 0 Å². The fourth-order valence-electron chi connectivity index (χ4n) is 3.06. The molecule has 1 atom stereocenters. The van der Waals surface area contributed by atoms with Crippen molar-refractivity contribution in [3.05, 3.63) is 29.8 Å². The predicted octanol–water partition coefficient (Wildman–Crippen LogP) is 3.27. The van der Waals surface area contributed by atoms with Gasteiger partial charge in [-0.15, -0.1) is 0 Å². The van der Waals surface area contributed by atoms with Gasteiger partial charge in [0.2, 0.25) is 0 Å². The van der Waals surface area contributed by atoms with Crippen LogP contribution in [0.2, 0.25) is 0 Å². The summed E-state index contributed by atoms with van der Waals surface area (Å²) in [5.41, 5.74) is 1.22. The molecule has 1 aromatic rings. The Balaban J connectivity index is 1.63. The average molecular weight is 403 g/mol. The summed E-state index contributed by atoms with van der Waals surface area (Å²) in [6.07, 6.45) is 6.73. The fraction of sp³-hybridized carbons (Fsp3) is 0.652. The Morgan fingerprint density at radius 2 is 1.90 bits per heavy atom. The lowest BCUT2D eigenvalue weighted by Crippen LogP contribution is -2.42. The zero-order chi connectivity index (χ0) is 21.1. The average Bonchev–Trinajstić information content (AvgIpc) is 3.50. The topological polar surface area (TPSA) is 74.8 Å². The molecule has 0 radical (unpaired) electrons. The van der Waals surface area contributed by atoms with E-state index >= 15 is 0 Å². The molecule has 0 spiro atoms. The summed E-state index contributed by atoms with van der Waals surface area (Å²) in [5.74, 6) is 2.29. The lowest BCUT2D eigenvalue weighted by molar-refractivity contribution is -0.123. The zero-order valence-electron chi connectivity index (χ0n) is 18.5. The van der Waals surface area contributed by atoms with Crippen LogP contribution in [-0.4, -0.2) is 44.1 Å². The molecule has 0 bridgehead atoms. The van der Waals surface area contributed by atoms with E-state index in [1.54, 1.807) is 0 Å². The monoisotopic (exact) mass is 402 g/mol. The van der Waals surface area contributed by atoms with Gasteiger partial charge >= 0.3 is 0 Å². The number of hydrogen-bond acceptors (Lipinski definition) is 3. The van der Waals surface area contributed by atoms with Gasteiger partial charge in [0, 0.05) is 25.7 Å². The number of carbonyl (C=O) groups excluding carboxylic acids is 1. The van der Waals surface area contributed by atoms with E-state index in [9.17, 15) is 4.79 Å². The lowest BCUT2D eigenvalue weighted by Gasteiger charge is -2.18. The van der Waals surface area contributed by atoms with Crippen molar-refractivity contribution in [1.29, 1.82) is 0 Å². The number of rotatable bonds is 12. The SMILES string of the molecule is CN=C(NCCc1ccc(OCC(=O)NC2CC2)cc1)NC(C)CCCC(C)C. The lowest BCUT2D eigenvalue weighted by atomic mass is 10.0. The van der Waals surface area contributed by atoms with E-state index < -0.39 is 0 Å². The second kappa shape index (κ2) is 12.3. The van der Waals surface area contributed by atoms with Crippen molar-refractivity contribution in [1.82, 2.24) is 16.0 Å². The van der Waals surface area contributed by atoms with Crippen LogP contribution < -0.4 is 20.7 Å². The molecule has 6 heteroatoms. The Labute approximate surface area is 175 Å². The van der Waals surface area contributed by atoms with Crippen molar-refractivity contribution in [2.75, 3.05) is 20.2 Å². The van der Waals surface area contributed by atoms with Crippen LogP contribution in [-0.2, 0) is 11.2 Å². The number of amides is 1. The fourth-order valence-corrected chi connectivity index (χ4v) is 3.06. The van der Waals surface area contributed by atoms with E-state index in [2.05, 4.69) is 41.7 Å². The van der Waals surface area contributed by atoms with Crippen LogP contribution in [0, 0.1) is 5.92 Å². The van der Waals surface area contributed by atoms with Crippen LogP contribution in [0.3, 0.4) is 0 Å². The molecule has 1 fully saturated rings. The van der Waals surface area contributed by atoms with E-state index in [0.717, 1.165) is 49.9 Å². The van der Waals surface area contributed by atoms with E-state index in [0.29, 0.717) is 12.1 Å². The normalized spacial score (nSPS) is 15.1.